The van der Waals surface area contributed by atoms with E-state index in [2.05, 4.69) is 20.3 Å². The van der Waals surface area contributed by atoms with Gasteiger partial charge in [0.1, 0.15) is 5.75 Å². The van der Waals surface area contributed by atoms with Crippen LogP contribution in [0.5, 0.6) is 5.75 Å². The van der Waals surface area contributed by atoms with E-state index in [0.717, 1.165) is 5.56 Å². The highest BCUT2D eigenvalue weighted by atomic mass is 19.3. The zero-order valence-corrected chi connectivity index (χ0v) is 17.1. The average Bonchev–Trinajstić information content (AvgIpc) is 2.75. The Bertz CT molecular complexity index is 842. The van der Waals surface area contributed by atoms with Gasteiger partial charge in [0.15, 0.2) is 0 Å². The van der Waals surface area contributed by atoms with Crippen molar-refractivity contribution in [3.63, 3.8) is 0 Å². The Morgan fingerprint density at radius 3 is 2.03 bits per heavy atom. The summed E-state index contributed by atoms with van der Waals surface area (Å²) >= 11 is 0. The van der Waals surface area contributed by atoms with Crippen LogP contribution in [0.2, 0.25) is 0 Å². The third kappa shape index (κ3) is 7.95. The molecule has 1 heterocycles. The maximum Gasteiger partial charge on any atom is 0.387 e. The van der Waals surface area contributed by atoms with Crippen molar-refractivity contribution in [1.29, 1.82) is 0 Å². The molecule has 1 aliphatic rings. The second-order valence-electron chi connectivity index (χ2n) is 7.27. The summed E-state index contributed by atoms with van der Waals surface area (Å²) in [4.78, 5) is 28.5. The fourth-order valence-corrected chi connectivity index (χ4v) is 3.28. The van der Waals surface area contributed by atoms with Gasteiger partial charge in [-0.05, 0) is 29.8 Å². The zero-order chi connectivity index (χ0) is 22.1. The van der Waals surface area contributed by atoms with Crippen LogP contribution in [-0.4, -0.2) is 67.5 Å². The van der Waals surface area contributed by atoms with Crippen molar-refractivity contribution in [2.45, 2.75) is 13.2 Å². The topological polar surface area (TPSA) is 73.9 Å². The largest absolute Gasteiger partial charge is 0.435 e. The number of hydrogen-bond acceptors (Lipinski definition) is 5. The molecule has 9 heteroatoms. The summed E-state index contributed by atoms with van der Waals surface area (Å²) < 4.78 is 28.6. The van der Waals surface area contributed by atoms with E-state index in [9.17, 15) is 18.4 Å². The minimum atomic E-state index is -2.88. The molecule has 0 spiro atoms. The molecule has 2 N–H and O–H groups in total. The fraction of sp³-hybridized carbons (Fsp3) is 0.364. The Labute approximate surface area is 180 Å². The Morgan fingerprint density at radius 2 is 1.45 bits per heavy atom. The standard InChI is InChI=1S/C22H26F2N4O3/c23-22(24)31-19-8-6-18(7-9-19)26-21(30)16-28-12-10-27(11-13-28)15-20(29)25-14-17-4-2-1-3-5-17/h1-9,22H,10-16H2,(H,25,29)(H,26,30). The Hall–Kier alpha value is -3.04. The van der Waals surface area contributed by atoms with Crippen LogP contribution in [0.3, 0.4) is 0 Å². The highest BCUT2D eigenvalue weighted by molar-refractivity contribution is 5.92. The zero-order valence-electron chi connectivity index (χ0n) is 17.1. The number of ether oxygens (including phenoxy) is 1. The van der Waals surface area contributed by atoms with E-state index in [1.807, 2.05) is 35.2 Å². The van der Waals surface area contributed by atoms with Crippen molar-refractivity contribution in [1.82, 2.24) is 15.1 Å². The maximum atomic E-state index is 12.2. The molecule has 2 aromatic carbocycles. The first-order chi connectivity index (χ1) is 15.0. The van der Waals surface area contributed by atoms with Crippen LogP contribution in [0.15, 0.2) is 54.6 Å². The van der Waals surface area contributed by atoms with E-state index in [-0.39, 0.29) is 24.1 Å². The van der Waals surface area contributed by atoms with E-state index in [0.29, 0.717) is 45.0 Å². The molecule has 2 amide bonds. The third-order valence-electron chi connectivity index (χ3n) is 4.90. The number of piperazine rings is 1. The van der Waals surface area contributed by atoms with Gasteiger partial charge < -0.3 is 15.4 Å². The van der Waals surface area contributed by atoms with Crippen LogP contribution in [-0.2, 0) is 16.1 Å². The molecule has 31 heavy (non-hydrogen) atoms. The van der Waals surface area contributed by atoms with Gasteiger partial charge in [-0.15, -0.1) is 0 Å². The quantitative estimate of drug-likeness (QED) is 0.635. The summed E-state index contributed by atoms with van der Waals surface area (Å²) in [5.41, 5.74) is 1.57. The van der Waals surface area contributed by atoms with Crippen molar-refractivity contribution >= 4 is 17.5 Å². The number of nitrogens with one attached hydrogen (secondary N) is 2. The van der Waals surface area contributed by atoms with E-state index in [1.54, 1.807) is 0 Å². The molecule has 3 rings (SSSR count). The SMILES string of the molecule is O=C(CN1CCN(CC(=O)Nc2ccc(OC(F)F)cc2)CC1)NCc1ccccc1. The lowest BCUT2D eigenvalue weighted by molar-refractivity contribution is -0.123. The number of amides is 2. The normalized spacial score (nSPS) is 14.9. The summed E-state index contributed by atoms with van der Waals surface area (Å²) in [7, 11) is 0. The van der Waals surface area contributed by atoms with Gasteiger partial charge in [0.25, 0.3) is 0 Å². The van der Waals surface area contributed by atoms with Gasteiger partial charge in [0.2, 0.25) is 11.8 Å². The Kier molecular flexibility index (Phi) is 8.31. The smallest absolute Gasteiger partial charge is 0.387 e. The Balaban J connectivity index is 1.33. The number of carbonyl (C=O) groups excluding carboxylic acids is 2. The van der Waals surface area contributed by atoms with E-state index >= 15 is 0 Å². The molecular formula is C22H26F2N4O3. The van der Waals surface area contributed by atoms with Crippen LogP contribution in [0.1, 0.15) is 5.56 Å². The summed E-state index contributed by atoms with van der Waals surface area (Å²) in [6.45, 7) is 0.950. The lowest BCUT2D eigenvalue weighted by Crippen LogP contribution is -2.50. The van der Waals surface area contributed by atoms with Gasteiger partial charge in [-0.2, -0.15) is 8.78 Å². The lowest BCUT2D eigenvalue weighted by atomic mass is 10.2. The van der Waals surface area contributed by atoms with E-state index < -0.39 is 6.61 Å². The molecule has 0 aliphatic carbocycles. The second kappa shape index (κ2) is 11.4. The number of anilines is 1. The number of alkyl halides is 2. The molecule has 1 aliphatic heterocycles. The molecular weight excluding hydrogens is 406 g/mol. The fourth-order valence-electron chi connectivity index (χ4n) is 3.28. The first-order valence-electron chi connectivity index (χ1n) is 10.1. The van der Waals surface area contributed by atoms with Crippen molar-refractivity contribution < 1.29 is 23.1 Å². The monoisotopic (exact) mass is 432 g/mol. The molecule has 0 radical (unpaired) electrons. The average molecular weight is 432 g/mol. The van der Waals surface area contributed by atoms with Crippen molar-refractivity contribution in [3.8, 4) is 5.75 Å². The van der Waals surface area contributed by atoms with E-state index in [1.165, 1.54) is 24.3 Å². The van der Waals surface area contributed by atoms with Crippen LogP contribution >= 0.6 is 0 Å². The minimum absolute atomic E-state index is 0.0192. The van der Waals surface area contributed by atoms with Gasteiger partial charge in [-0.3, -0.25) is 19.4 Å². The van der Waals surface area contributed by atoms with Gasteiger partial charge in [-0.25, -0.2) is 0 Å². The summed E-state index contributed by atoms with van der Waals surface area (Å²) in [6.07, 6.45) is 0. The first-order valence-corrected chi connectivity index (χ1v) is 10.1. The Morgan fingerprint density at radius 1 is 0.871 bits per heavy atom. The summed E-state index contributed by atoms with van der Waals surface area (Å²) in [5.74, 6) is -0.164. The molecule has 0 saturated carbocycles. The molecule has 1 fully saturated rings. The predicted molar refractivity (Wildman–Crippen MR) is 113 cm³/mol. The molecule has 0 unspecified atom stereocenters. The number of benzene rings is 2. The number of rotatable bonds is 9. The van der Waals surface area contributed by atoms with Gasteiger partial charge in [0, 0.05) is 38.4 Å². The number of hydrogen-bond donors (Lipinski definition) is 2. The predicted octanol–water partition coefficient (Wildman–Crippen LogP) is 2.16. The van der Waals surface area contributed by atoms with Crippen molar-refractivity contribution in [3.05, 3.63) is 60.2 Å². The minimum Gasteiger partial charge on any atom is -0.435 e. The third-order valence-corrected chi connectivity index (χ3v) is 4.90. The molecule has 1 saturated heterocycles. The van der Waals surface area contributed by atoms with Crippen LogP contribution in [0, 0.1) is 0 Å². The first kappa shape index (κ1) is 22.6. The van der Waals surface area contributed by atoms with Gasteiger partial charge in [0.05, 0.1) is 13.1 Å². The maximum absolute atomic E-state index is 12.2. The highest BCUT2D eigenvalue weighted by Crippen LogP contribution is 2.17. The molecule has 2 aromatic rings. The molecule has 7 nitrogen and oxygen atoms in total. The lowest BCUT2D eigenvalue weighted by Gasteiger charge is -2.33. The van der Waals surface area contributed by atoms with Crippen molar-refractivity contribution in [2.24, 2.45) is 0 Å². The van der Waals surface area contributed by atoms with Crippen LogP contribution < -0.4 is 15.4 Å². The summed E-state index contributed by atoms with van der Waals surface area (Å²) in [6, 6.07) is 15.5. The molecule has 0 aromatic heterocycles. The van der Waals surface area contributed by atoms with E-state index in [4.69, 9.17) is 0 Å². The van der Waals surface area contributed by atoms with Gasteiger partial charge >= 0.3 is 6.61 Å². The molecule has 0 atom stereocenters. The molecule has 0 bridgehead atoms. The van der Waals surface area contributed by atoms with Crippen LogP contribution in [0.25, 0.3) is 0 Å². The second-order valence-corrected chi connectivity index (χ2v) is 7.27. The van der Waals surface area contributed by atoms with Crippen LogP contribution in [0.4, 0.5) is 14.5 Å². The highest BCUT2D eigenvalue weighted by Gasteiger charge is 2.20. The number of halogens is 2. The number of nitrogens with zero attached hydrogens (tertiary/aromatic N) is 2. The summed E-state index contributed by atoms with van der Waals surface area (Å²) in [5, 5.41) is 5.67. The molecule has 166 valence electrons. The number of carbonyl (C=O) groups is 2. The van der Waals surface area contributed by atoms with Gasteiger partial charge in [-0.1, -0.05) is 30.3 Å². The van der Waals surface area contributed by atoms with Crippen molar-refractivity contribution in [2.75, 3.05) is 44.6 Å².